The topological polar surface area (TPSA) is 90.0 Å². The van der Waals surface area contributed by atoms with Crippen molar-refractivity contribution in [3.05, 3.63) is 77.2 Å². The second kappa shape index (κ2) is 7.36. The summed E-state index contributed by atoms with van der Waals surface area (Å²) in [6, 6.07) is 15.1. The highest BCUT2D eigenvalue weighted by molar-refractivity contribution is 7.86. The van der Waals surface area contributed by atoms with Crippen LogP contribution < -0.4 is 0 Å². The molecule has 2 aromatic carbocycles. The molecule has 150 valence electrons. The number of aryl methyl sites for hydroxylation is 1. The Morgan fingerprint density at radius 1 is 1.10 bits per heavy atom. The van der Waals surface area contributed by atoms with Crippen molar-refractivity contribution >= 4 is 22.0 Å². The number of amides is 1. The Bertz CT molecular complexity index is 1110. The SMILES string of the molecule is Cc1cccc(S(=O)(=O)OC2=C(C(=O)OCc3ccccc3)N3C(=O)CC3C2)c1. The van der Waals surface area contributed by atoms with E-state index in [1.54, 1.807) is 31.2 Å². The normalized spacial score (nSPS) is 18.3. The van der Waals surface area contributed by atoms with Crippen LogP contribution in [0.4, 0.5) is 0 Å². The molecule has 2 aliphatic rings. The van der Waals surface area contributed by atoms with Gasteiger partial charge in [-0.15, -0.1) is 0 Å². The van der Waals surface area contributed by atoms with Crippen LogP contribution in [0, 0.1) is 6.92 Å². The first-order valence-corrected chi connectivity index (χ1v) is 10.5. The number of nitrogens with zero attached hydrogens (tertiary/aromatic N) is 1. The van der Waals surface area contributed by atoms with E-state index in [1.165, 1.54) is 17.0 Å². The fraction of sp³-hybridized carbons (Fsp3) is 0.238. The minimum atomic E-state index is -4.14. The molecular weight excluding hydrogens is 394 g/mol. The largest absolute Gasteiger partial charge is 0.456 e. The average molecular weight is 413 g/mol. The monoisotopic (exact) mass is 413 g/mol. The van der Waals surface area contributed by atoms with E-state index in [4.69, 9.17) is 8.92 Å². The van der Waals surface area contributed by atoms with Gasteiger partial charge in [-0.1, -0.05) is 42.5 Å². The van der Waals surface area contributed by atoms with Crippen molar-refractivity contribution in [1.82, 2.24) is 4.90 Å². The second-order valence-corrected chi connectivity index (χ2v) is 8.56. The van der Waals surface area contributed by atoms with Crippen molar-refractivity contribution in [3.8, 4) is 0 Å². The van der Waals surface area contributed by atoms with Crippen molar-refractivity contribution in [2.45, 2.75) is 37.3 Å². The fourth-order valence-corrected chi connectivity index (χ4v) is 4.51. The fourth-order valence-electron chi connectivity index (χ4n) is 3.43. The van der Waals surface area contributed by atoms with Gasteiger partial charge in [0.05, 0.1) is 6.04 Å². The standard InChI is InChI=1S/C21H19NO6S/c1-14-6-5-9-17(10-14)29(25,26)28-18-11-16-12-19(23)22(16)20(18)21(24)27-13-15-7-3-2-4-8-15/h2-10,16H,11-13H2,1H3. The highest BCUT2D eigenvalue weighted by Gasteiger charge is 2.50. The Balaban J connectivity index is 1.60. The Kier molecular flexibility index (Phi) is 4.87. The van der Waals surface area contributed by atoms with E-state index in [9.17, 15) is 18.0 Å². The van der Waals surface area contributed by atoms with Crippen molar-refractivity contribution in [2.75, 3.05) is 0 Å². The molecule has 0 spiro atoms. The van der Waals surface area contributed by atoms with Crippen molar-refractivity contribution in [2.24, 2.45) is 0 Å². The number of esters is 1. The van der Waals surface area contributed by atoms with Crippen molar-refractivity contribution in [3.63, 3.8) is 0 Å². The third-order valence-corrected chi connectivity index (χ3v) is 6.12. The van der Waals surface area contributed by atoms with Gasteiger partial charge in [0.2, 0.25) is 5.91 Å². The lowest BCUT2D eigenvalue weighted by Crippen LogP contribution is -2.49. The van der Waals surface area contributed by atoms with Crippen LogP contribution in [0.1, 0.15) is 24.0 Å². The number of benzene rings is 2. The van der Waals surface area contributed by atoms with Gasteiger partial charge in [-0.05, 0) is 30.2 Å². The number of β-lactam (4-membered cyclic amide) rings is 1. The molecule has 29 heavy (non-hydrogen) atoms. The molecular formula is C21H19NO6S. The van der Waals surface area contributed by atoms with Crippen LogP contribution in [0.15, 0.2) is 70.9 Å². The van der Waals surface area contributed by atoms with Gasteiger partial charge in [0, 0.05) is 12.8 Å². The third kappa shape index (κ3) is 3.75. The van der Waals surface area contributed by atoms with Gasteiger partial charge >= 0.3 is 16.1 Å². The number of hydrogen-bond acceptors (Lipinski definition) is 6. The predicted octanol–water partition coefficient (Wildman–Crippen LogP) is 2.66. The quantitative estimate of drug-likeness (QED) is 0.411. The van der Waals surface area contributed by atoms with Gasteiger partial charge in [0.15, 0.2) is 11.5 Å². The van der Waals surface area contributed by atoms with Crippen LogP contribution in [0.25, 0.3) is 0 Å². The maximum atomic E-state index is 12.7. The van der Waals surface area contributed by atoms with Gasteiger partial charge in [0.25, 0.3) is 0 Å². The number of ether oxygens (including phenoxy) is 1. The summed E-state index contributed by atoms with van der Waals surface area (Å²) in [7, 11) is -4.14. The van der Waals surface area contributed by atoms with Crippen molar-refractivity contribution in [1.29, 1.82) is 0 Å². The first-order chi connectivity index (χ1) is 13.8. The molecule has 1 amide bonds. The summed E-state index contributed by atoms with van der Waals surface area (Å²) in [6.07, 6.45) is 0.402. The minimum absolute atomic E-state index is 0.00772. The van der Waals surface area contributed by atoms with E-state index >= 15 is 0 Å². The lowest BCUT2D eigenvalue weighted by Gasteiger charge is -2.34. The molecule has 1 fully saturated rings. The first kappa shape index (κ1) is 19.2. The predicted molar refractivity (Wildman–Crippen MR) is 103 cm³/mol. The lowest BCUT2D eigenvalue weighted by molar-refractivity contribution is -0.151. The van der Waals surface area contributed by atoms with Crippen LogP contribution in [0.2, 0.25) is 0 Å². The molecule has 1 atom stereocenters. The summed E-state index contributed by atoms with van der Waals surface area (Å²) < 4.78 is 36.0. The summed E-state index contributed by atoms with van der Waals surface area (Å²) in [4.78, 5) is 26.0. The molecule has 0 aromatic heterocycles. The molecule has 7 nitrogen and oxygen atoms in total. The third-order valence-electron chi connectivity index (χ3n) is 4.86. The minimum Gasteiger partial charge on any atom is -0.456 e. The van der Waals surface area contributed by atoms with Crippen LogP contribution in [-0.2, 0) is 35.2 Å². The van der Waals surface area contributed by atoms with Crippen LogP contribution in [-0.4, -0.2) is 31.2 Å². The molecule has 0 saturated carbocycles. The Labute approximate surface area is 168 Å². The van der Waals surface area contributed by atoms with E-state index in [1.807, 2.05) is 18.2 Å². The molecule has 0 radical (unpaired) electrons. The zero-order valence-corrected chi connectivity index (χ0v) is 16.5. The number of fused-ring (bicyclic) bond motifs is 1. The number of carbonyl (C=O) groups is 2. The summed E-state index contributed by atoms with van der Waals surface area (Å²) in [6.45, 7) is 1.78. The molecule has 2 aliphatic heterocycles. The highest BCUT2D eigenvalue weighted by atomic mass is 32.2. The number of carbonyl (C=O) groups excluding carboxylic acids is 2. The molecule has 1 saturated heterocycles. The molecule has 2 aromatic rings. The van der Waals surface area contributed by atoms with Gasteiger partial charge in [-0.2, -0.15) is 8.42 Å². The second-order valence-electron chi connectivity index (χ2n) is 7.01. The zero-order chi connectivity index (χ0) is 20.6. The summed E-state index contributed by atoms with van der Waals surface area (Å²) in [5.74, 6) is -1.09. The Morgan fingerprint density at radius 3 is 2.55 bits per heavy atom. The first-order valence-electron chi connectivity index (χ1n) is 9.12. The molecule has 2 heterocycles. The Hall–Kier alpha value is -3.13. The highest BCUT2D eigenvalue weighted by Crippen LogP contribution is 2.40. The molecule has 4 rings (SSSR count). The van der Waals surface area contributed by atoms with Crippen LogP contribution in [0.5, 0.6) is 0 Å². The molecule has 0 aliphatic carbocycles. The molecule has 8 heteroatoms. The maximum absolute atomic E-state index is 12.7. The van der Waals surface area contributed by atoms with E-state index in [-0.39, 0.29) is 47.7 Å². The lowest BCUT2D eigenvalue weighted by atomic mass is 10.0. The van der Waals surface area contributed by atoms with Gasteiger partial charge in [-0.25, -0.2) is 4.79 Å². The van der Waals surface area contributed by atoms with Crippen molar-refractivity contribution < 1.29 is 26.9 Å². The van der Waals surface area contributed by atoms with Gasteiger partial charge < -0.3 is 8.92 Å². The average Bonchev–Trinajstić information content (AvgIpc) is 2.98. The zero-order valence-electron chi connectivity index (χ0n) is 15.7. The van der Waals surface area contributed by atoms with E-state index in [2.05, 4.69) is 0 Å². The molecule has 1 unspecified atom stereocenters. The van der Waals surface area contributed by atoms with E-state index < -0.39 is 16.1 Å². The Morgan fingerprint density at radius 2 is 1.86 bits per heavy atom. The van der Waals surface area contributed by atoms with E-state index in [0.29, 0.717) is 0 Å². The summed E-state index contributed by atoms with van der Waals surface area (Å²) >= 11 is 0. The van der Waals surface area contributed by atoms with E-state index in [0.717, 1.165) is 11.1 Å². The van der Waals surface area contributed by atoms with Gasteiger partial charge in [0.1, 0.15) is 11.5 Å². The number of rotatable bonds is 6. The molecule has 0 bridgehead atoms. The maximum Gasteiger partial charge on any atom is 0.358 e. The summed E-state index contributed by atoms with van der Waals surface area (Å²) in [5, 5.41) is 0. The van der Waals surface area contributed by atoms with Crippen LogP contribution >= 0.6 is 0 Å². The van der Waals surface area contributed by atoms with Crippen LogP contribution in [0.3, 0.4) is 0 Å². The summed E-state index contributed by atoms with van der Waals surface area (Å²) in [5.41, 5.74) is 1.41. The smallest absolute Gasteiger partial charge is 0.358 e. The molecule has 0 N–H and O–H groups in total. The number of hydrogen-bond donors (Lipinski definition) is 0. The van der Waals surface area contributed by atoms with Gasteiger partial charge in [-0.3, -0.25) is 9.69 Å².